The van der Waals surface area contributed by atoms with E-state index in [1.54, 1.807) is 12.5 Å². The van der Waals surface area contributed by atoms with Crippen LogP contribution < -0.4 is 5.32 Å². The monoisotopic (exact) mass is 248 g/mol. The molecule has 3 nitrogen and oxygen atoms in total. The highest BCUT2D eigenvalue weighted by Gasteiger charge is 2.24. The molecule has 1 aliphatic rings. The Morgan fingerprint density at radius 1 is 1.41 bits per heavy atom. The van der Waals surface area contributed by atoms with Gasteiger partial charge in [0.15, 0.2) is 0 Å². The normalized spacial score (nSPS) is 24.3. The van der Waals surface area contributed by atoms with E-state index in [4.69, 9.17) is 4.42 Å². The molecule has 2 aromatic rings. The van der Waals surface area contributed by atoms with Crippen molar-refractivity contribution >= 4 is 28.5 Å². The molecule has 1 aliphatic carbocycles. The summed E-state index contributed by atoms with van der Waals surface area (Å²) in [5, 5.41) is 5.44. The van der Waals surface area contributed by atoms with Crippen LogP contribution in [0.5, 0.6) is 0 Å². The van der Waals surface area contributed by atoms with Crippen LogP contribution in [0.3, 0.4) is 0 Å². The molecule has 3 rings (SSSR count). The Kier molecular flexibility index (Phi) is 2.97. The molecule has 0 spiro atoms. The van der Waals surface area contributed by atoms with E-state index < -0.39 is 0 Å². The number of anilines is 1. The summed E-state index contributed by atoms with van der Waals surface area (Å²) >= 11 is 1.97. The quantitative estimate of drug-likeness (QED) is 0.902. The van der Waals surface area contributed by atoms with Crippen LogP contribution in [0, 0.1) is 0 Å². The Hall–Kier alpha value is -1.16. The number of pyridine rings is 1. The fourth-order valence-electron chi connectivity index (χ4n) is 2.49. The van der Waals surface area contributed by atoms with E-state index >= 15 is 0 Å². The summed E-state index contributed by atoms with van der Waals surface area (Å²) in [5.74, 6) is 0.961. The molecular weight excluding hydrogens is 232 g/mol. The van der Waals surface area contributed by atoms with E-state index in [1.165, 1.54) is 19.3 Å². The number of nitrogens with one attached hydrogen (secondary N) is 1. The molecule has 0 amide bonds. The van der Waals surface area contributed by atoms with Crippen LogP contribution in [-0.2, 0) is 0 Å². The maximum absolute atomic E-state index is 5.38. The zero-order chi connectivity index (χ0) is 11.7. The molecule has 2 atom stereocenters. The van der Waals surface area contributed by atoms with Crippen LogP contribution in [0.4, 0.5) is 5.82 Å². The van der Waals surface area contributed by atoms with Gasteiger partial charge in [0.2, 0.25) is 0 Å². The smallest absolute Gasteiger partial charge is 0.139 e. The van der Waals surface area contributed by atoms with Gasteiger partial charge in [0.1, 0.15) is 11.4 Å². The molecular formula is C13H16N2OS. The molecule has 1 saturated carbocycles. The Bertz CT molecular complexity index is 511. The van der Waals surface area contributed by atoms with E-state index in [-0.39, 0.29) is 0 Å². The lowest BCUT2D eigenvalue weighted by atomic mass is 10.2. The summed E-state index contributed by atoms with van der Waals surface area (Å²) < 4.78 is 5.38. The fourth-order valence-corrected chi connectivity index (χ4v) is 3.28. The lowest BCUT2D eigenvalue weighted by Crippen LogP contribution is -2.16. The predicted octanol–water partition coefficient (Wildman–Crippen LogP) is 3.52. The molecule has 0 radical (unpaired) electrons. The van der Waals surface area contributed by atoms with E-state index in [0.29, 0.717) is 6.04 Å². The van der Waals surface area contributed by atoms with Crippen molar-refractivity contribution in [3.63, 3.8) is 0 Å². The summed E-state index contributed by atoms with van der Waals surface area (Å²) in [6, 6.07) is 4.44. The number of furan rings is 1. The van der Waals surface area contributed by atoms with E-state index in [9.17, 15) is 0 Å². The van der Waals surface area contributed by atoms with Gasteiger partial charge in [-0.05, 0) is 37.7 Å². The predicted molar refractivity (Wildman–Crippen MR) is 72.6 cm³/mol. The Balaban J connectivity index is 1.79. The van der Waals surface area contributed by atoms with Gasteiger partial charge in [0.25, 0.3) is 0 Å². The van der Waals surface area contributed by atoms with Crippen LogP contribution in [0.15, 0.2) is 29.0 Å². The number of hydrogen-bond donors (Lipinski definition) is 1. The van der Waals surface area contributed by atoms with Crippen LogP contribution in [-0.4, -0.2) is 22.5 Å². The summed E-state index contributed by atoms with van der Waals surface area (Å²) in [6.45, 7) is 0. The number of nitrogens with zero attached hydrogens (tertiary/aromatic N) is 1. The number of rotatable bonds is 3. The maximum atomic E-state index is 5.38. The minimum Gasteiger partial charge on any atom is -0.464 e. The highest BCUT2D eigenvalue weighted by atomic mass is 32.2. The first kappa shape index (κ1) is 11.0. The van der Waals surface area contributed by atoms with Crippen molar-refractivity contribution in [2.75, 3.05) is 11.6 Å². The molecule has 1 fully saturated rings. The van der Waals surface area contributed by atoms with E-state index in [1.807, 2.05) is 23.9 Å². The molecule has 0 aliphatic heterocycles. The lowest BCUT2D eigenvalue weighted by Gasteiger charge is -2.13. The van der Waals surface area contributed by atoms with Crippen LogP contribution in [0.2, 0.25) is 0 Å². The molecule has 0 aromatic carbocycles. The van der Waals surface area contributed by atoms with Crippen molar-refractivity contribution in [1.82, 2.24) is 4.98 Å². The van der Waals surface area contributed by atoms with Crippen LogP contribution in [0.1, 0.15) is 19.3 Å². The molecule has 0 bridgehead atoms. The van der Waals surface area contributed by atoms with E-state index in [2.05, 4.69) is 16.6 Å². The van der Waals surface area contributed by atoms with Gasteiger partial charge in [-0.3, -0.25) is 0 Å². The van der Waals surface area contributed by atoms with Gasteiger partial charge in [-0.25, -0.2) is 4.98 Å². The SMILES string of the molecule is CSC1CCC(Nc2nccc3occc23)C1. The van der Waals surface area contributed by atoms with Gasteiger partial charge in [0, 0.05) is 17.5 Å². The molecule has 17 heavy (non-hydrogen) atoms. The second kappa shape index (κ2) is 4.61. The number of fused-ring (bicyclic) bond motifs is 1. The van der Waals surface area contributed by atoms with Crippen molar-refractivity contribution in [2.45, 2.75) is 30.6 Å². The van der Waals surface area contributed by atoms with E-state index in [0.717, 1.165) is 22.0 Å². The first-order valence-electron chi connectivity index (χ1n) is 5.98. The lowest BCUT2D eigenvalue weighted by molar-refractivity contribution is 0.615. The highest BCUT2D eigenvalue weighted by Crippen LogP contribution is 2.31. The standard InChI is InChI=1S/C13H16N2OS/c1-17-10-3-2-9(8-10)15-13-11-5-7-16-12(11)4-6-14-13/h4-7,9-10H,2-3,8H2,1H3,(H,14,15). The molecule has 2 aromatic heterocycles. The minimum atomic E-state index is 0.556. The van der Waals surface area contributed by atoms with Gasteiger partial charge >= 0.3 is 0 Å². The third-order valence-corrected chi connectivity index (χ3v) is 4.53. The zero-order valence-electron chi connectivity index (χ0n) is 9.85. The summed E-state index contributed by atoms with van der Waals surface area (Å²) in [5.41, 5.74) is 0.905. The minimum absolute atomic E-state index is 0.556. The Labute approximate surface area is 105 Å². The summed E-state index contributed by atoms with van der Waals surface area (Å²) in [4.78, 5) is 4.42. The molecule has 2 heterocycles. The topological polar surface area (TPSA) is 38.1 Å². The molecule has 90 valence electrons. The molecule has 1 N–H and O–H groups in total. The molecule has 0 saturated heterocycles. The maximum Gasteiger partial charge on any atom is 0.139 e. The summed E-state index contributed by atoms with van der Waals surface area (Å²) in [6.07, 6.45) is 9.49. The Morgan fingerprint density at radius 2 is 2.35 bits per heavy atom. The van der Waals surface area contributed by atoms with Gasteiger partial charge in [-0.15, -0.1) is 0 Å². The summed E-state index contributed by atoms with van der Waals surface area (Å²) in [7, 11) is 0. The number of thioether (sulfide) groups is 1. The van der Waals surface area contributed by atoms with Gasteiger partial charge in [-0.1, -0.05) is 0 Å². The third kappa shape index (κ3) is 2.14. The van der Waals surface area contributed by atoms with Crippen LogP contribution in [0.25, 0.3) is 11.0 Å². The fraction of sp³-hybridized carbons (Fsp3) is 0.462. The molecule has 2 unspecified atom stereocenters. The van der Waals surface area contributed by atoms with Crippen molar-refractivity contribution in [3.8, 4) is 0 Å². The molecule has 4 heteroatoms. The van der Waals surface area contributed by atoms with Gasteiger partial charge < -0.3 is 9.73 Å². The second-order valence-electron chi connectivity index (χ2n) is 4.50. The first-order valence-corrected chi connectivity index (χ1v) is 7.27. The number of aromatic nitrogens is 1. The van der Waals surface area contributed by atoms with Crippen LogP contribution >= 0.6 is 11.8 Å². The average molecular weight is 248 g/mol. The van der Waals surface area contributed by atoms with Crippen molar-refractivity contribution in [3.05, 3.63) is 24.6 Å². The largest absolute Gasteiger partial charge is 0.464 e. The van der Waals surface area contributed by atoms with Crippen molar-refractivity contribution in [1.29, 1.82) is 0 Å². The number of hydrogen-bond acceptors (Lipinski definition) is 4. The third-order valence-electron chi connectivity index (χ3n) is 3.44. The second-order valence-corrected chi connectivity index (χ2v) is 5.64. The highest BCUT2D eigenvalue weighted by molar-refractivity contribution is 7.99. The van der Waals surface area contributed by atoms with Crippen molar-refractivity contribution in [2.24, 2.45) is 0 Å². The van der Waals surface area contributed by atoms with Gasteiger partial charge in [0.05, 0.1) is 11.6 Å². The average Bonchev–Trinajstić information content (AvgIpc) is 2.97. The van der Waals surface area contributed by atoms with Crippen molar-refractivity contribution < 1.29 is 4.42 Å². The zero-order valence-corrected chi connectivity index (χ0v) is 10.7. The Morgan fingerprint density at radius 3 is 3.18 bits per heavy atom. The first-order chi connectivity index (χ1) is 8.36. The van der Waals surface area contributed by atoms with Gasteiger partial charge in [-0.2, -0.15) is 11.8 Å².